The van der Waals surface area contributed by atoms with Gasteiger partial charge in [0.15, 0.2) is 5.60 Å². The second kappa shape index (κ2) is 3.57. The third-order valence-electron chi connectivity index (χ3n) is 2.96. The Hall–Kier alpha value is -1.51. The smallest absolute Gasteiger partial charge is 0.410 e. The average Bonchev–Trinajstić information content (AvgIpc) is 2.57. The van der Waals surface area contributed by atoms with Crippen molar-refractivity contribution in [2.45, 2.75) is 18.9 Å². The molecule has 3 nitrogen and oxygen atoms in total. The van der Waals surface area contributed by atoms with Crippen molar-refractivity contribution in [2.24, 2.45) is 0 Å². The number of rotatable bonds is 2. The van der Waals surface area contributed by atoms with Crippen LogP contribution in [-0.2, 0) is 10.3 Å². The molecule has 3 heteroatoms. The van der Waals surface area contributed by atoms with Gasteiger partial charge >= 0.3 is 6.09 Å². The maximum atomic E-state index is 11.4. The topological polar surface area (TPSA) is 29.5 Å². The third kappa shape index (κ3) is 1.58. The van der Waals surface area contributed by atoms with Crippen LogP contribution < -0.4 is 0 Å². The summed E-state index contributed by atoms with van der Waals surface area (Å²) in [4.78, 5) is 13.0. The zero-order valence-electron chi connectivity index (χ0n) is 9.06. The Bertz CT molecular complexity index is 363. The Morgan fingerprint density at radius 1 is 1.40 bits per heavy atom. The number of carbonyl (C=O) groups is 1. The summed E-state index contributed by atoms with van der Waals surface area (Å²) in [6.07, 6.45) is 0.563. The normalized spacial score (nSPS) is 25.5. The van der Waals surface area contributed by atoms with Gasteiger partial charge in [0, 0.05) is 7.05 Å². The predicted octanol–water partition coefficient (Wildman–Crippen LogP) is 2.37. The van der Waals surface area contributed by atoms with E-state index in [4.69, 9.17) is 4.74 Å². The highest BCUT2D eigenvalue weighted by Crippen LogP contribution is 2.35. The molecular formula is C12H15NO2. The minimum Gasteiger partial charge on any atom is -0.436 e. The summed E-state index contributed by atoms with van der Waals surface area (Å²) in [6.45, 7) is 2.67. The van der Waals surface area contributed by atoms with Gasteiger partial charge in [-0.25, -0.2) is 4.79 Å². The third-order valence-corrected chi connectivity index (χ3v) is 2.96. The van der Waals surface area contributed by atoms with Crippen LogP contribution in [0.5, 0.6) is 0 Å². The van der Waals surface area contributed by atoms with E-state index < -0.39 is 5.60 Å². The maximum absolute atomic E-state index is 11.4. The summed E-state index contributed by atoms with van der Waals surface area (Å²) in [5.41, 5.74) is 0.623. The Kier molecular flexibility index (Phi) is 2.39. The van der Waals surface area contributed by atoms with E-state index in [-0.39, 0.29) is 6.09 Å². The molecule has 15 heavy (non-hydrogen) atoms. The van der Waals surface area contributed by atoms with E-state index in [0.29, 0.717) is 6.54 Å². The molecule has 0 N–H and O–H groups in total. The van der Waals surface area contributed by atoms with E-state index in [1.165, 1.54) is 0 Å². The van der Waals surface area contributed by atoms with Gasteiger partial charge in [-0.1, -0.05) is 37.3 Å². The van der Waals surface area contributed by atoms with Crippen LogP contribution in [0.25, 0.3) is 0 Å². The molecule has 1 aliphatic heterocycles. The monoisotopic (exact) mass is 205 g/mol. The first-order chi connectivity index (χ1) is 7.18. The van der Waals surface area contributed by atoms with Gasteiger partial charge in [0.1, 0.15) is 0 Å². The second-order valence-corrected chi connectivity index (χ2v) is 3.94. The van der Waals surface area contributed by atoms with E-state index in [0.717, 1.165) is 12.0 Å². The number of carbonyl (C=O) groups excluding carboxylic acids is 1. The van der Waals surface area contributed by atoms with Crippen molar-refractivity contribution in [3.8, 4) is 0 Å². The van der Waals surface area contributed by atoms with Gasteiger partial charge < -0.3 is 9.64 Å². The molecule has 1 amide bonds. The summed E-state index contributed by atoms with van der Waals surface area (Å²) in [7, 11) is 1.77. The molecule has 80 valence electrons. The van der Waals surface area contributed by atoms with Gasteiger partial charge in [0.2, 0.25) is 0 Å². The highest BCUT2D eigenvalue weighted by Gasteiger charge is 2.43. The molecule has 1 atom stereocenters. The highest BCUT2D eigenvalue weighted by atomic mass is 16.6. The number of hydrogen-bond acceptors (Lipinski definition) is 2. The SMILES string of the molecule is CCC1(c2ccccc2)CN(C)C(=O)O1. The molecule has 1 unspecified atom stereocenters. The van der Waals surface area contributed by atoms with E-state index in [1.807, 2.05) is 37.3 Å². The van der Waals surface area contributed by atoms with Crippen LogP contribution in [0, 0.1) is 0 Å². The summed E-state index contributed by atoms with van der Waals surface area (Å²) < 4.78 is 5.48. The van der Waals surface area contributed by atoms with Crippen LogP contribution in [0.1, 0.15) is 18.9 Å². The summed E-state index contributed by atoms with van der Waals surface area (Å²) in [6, 6.07) is 9.93. The minimum absolute atomic E-state index is 0.235. The molecule has 1 aromatic rings. The van der Waals surface area contributed by atoms with E-state index in [9.17, 15) is 4.79 Å². The van der Waals surface area contributed by atoms with Crippen molar-refractivity contribution < 1.29 is 9.53 Å². The van der Waals surface area contributed by atoms with Crippen molar-refractivity contribution in [2.75, 3.05) is 13.6 Å². The quantitative estimate of drug-likeness (QED) is 0.741. The van der Waals surface area contributed by atoms with Gasteiger partial charge in [0.05, 0.1) is 6.54 Å². The number of ether oxygens (including phenoxy) is 1. The molecule has 0 saturated carbocycles. The molecular weight excluding hydrogens is 190 g/mol. The van der Waals surface area contributed by atoms with Crippen molar-refractivity contribution in [1.29, 1.82) is 0 Å². The Morgan fingerprint density at radius 2 is 2.07 bits per heavy atom. The lowest BCUT2D eigenvalue weighted by molar-refractivity contribution is 0.0511. The Morgan fingerprint density at radius 3 is 2.53 bits per heavy atom. The molecule has 0 spiro atoms. The number of nitrogens with zero attached hydrogens (tertiary/aromatic N) is 1. The van der Waals surface area contributed by atoms with Crippen LogP contribution in [-0.4, -0.2) is 24.6 Å². The van der Waals surface area contributed by atoms with Gasteiger partial charge in [-0.05, 0) is 12.0 Å². The van der Waals surface area contributed by atoms with Gasteiger partial charge in [-0.2, -0.15) is 0 Å². The molecule has 1 saturated heterocycles. The van der Waals surface area contributed by atoms with Crippen LogP contribution >= 0.6 is 0 Å². The van der Waals surface area contributed by atoms with Crippen molar-refractivity contribution in [3.63, 3.8) is 0 Å². The molecule has 0 radical (unpaired) electrons. The number of hydrogen-bond donors (Lipinski definition) is 0. The lowest BCUT2D eigenvalue weighted by Gasteiger charge is -2.25. The number of amides is 1. The number of benzene rings is 1. The van der Waals surface area contributed by atoms with Crippen molar-refractivity contribution in [3.05, 3.63) is 35.9 Å². The number of likely N-dealkylation sites (N-methyl/N-ethyl adjacent to an activating group) is 1. The maximum Gasteiger partial charge on any atom is 0.410 e. The largest absolute Gasteiger partial charge is 0.436 e. The van der Waals surface area contributed by atoms with Gasteiger partial charge in [0.25, 0.3) is 0 Å². The fourth-order valence-electron chi connectivity index (χ4n) is 2.01. The van der Waals surface area contributed by atoms with Crippen molar-refractivity contribution >= 4 is 6.09 Å². The van der Waals surface area contributed by atoms with Crippen LogP contribution in [0.4, 0.5) is 4.79 Å². The zero-order chi connectivity index (χ0) is 10.9. The first-order valence-corrected chi connectivity index (χ1v) is 5.17. The summed E-state index contributed by atoms with van der Waals surface area (Å²) >= 11 is 0. The van der Waals surface area contributed by atoms with Crippen LogP contribution in [0.15, 0.2) is 30.3 Å². The lowest BCUT2D eigenvalue weighted by Crippen LogP contribution is -2.29. The molecule has 2 rings (SSSR count). The Balaban J connectivity index is 2.36. The standard InChI is InChI=1S/C12H15NO2/c1-3-12(9-13(2)11(14)15-12)10-7-5-4-6-8-10/h4-8H,3,9H2,1-2H3. The van der Waals surface area contributed by atoms with Crippen LogP contribution in [0.2, 0.25) is 0 Å². The molecule has 1 heterocycles. The summed E-state index contributed by atoms with van der Waals surface area (Å²) in [5, 5.41) is 0. The van der Waals surface area contributed by atoms with Gasteiger partial charge in [-0.3, -0.25) is 0 Å². The van der Waals surface area contributed by atoms with Crippen molar-refractivity contribution in [1.82, 2.24) is 4.90 Å². The minimum atomic E-state index is -0.451. The second-order valence-electron chi connectivity index (χ2n) is 3.94. The molecule has 0 aromatic heterocycles. The lowest BCUT2D eigenvalue weighted by atomic mass is 9.91. The first kappa shape index (κ1) is 10.0. The molecule has 1 aliphatic rings. The highest BCUT2D eigenvalue weighted by molar-refractivity contribution is 5.70. The first-order valence-electron chi connectivity index (χ1n) is 5.17. The average molecular weight is 205 g/mol. The Labute approximate surface area is 89.7 Å². The van der Waals surface area contributed by atoms with Gasteiger partial charge in [-0.15, -0.1) is 0 Å². The van der Waals surface area contributed by atoms with E-state index >= 15 is 0 Å². The van der Waals surface area contributed by atoms with Crippen LogP contribution in [0.3, 0.4) is 0 Å². The van der Waals surface area contributed by atoms with E-state index in [2.05, 4.69) is 0 Å². The molecule has 0 bridgehead atoms. The molecule has 1 aromatic carbocycles. The molecule has 0 aliphatic carbocycles. The number of cyclic esters (lactones) is 1. The zero-order valence-corrected chi connectivity index (χ0v) is 9.06. The molecule has 1 fully saturated rings. The predicted molar refractivity (Wildman–Crippen MR) is 57.5 cm³/mol. The fraction of sp³-hybridized carbons (Fsp3) is 0.417. The fourth-order valence-corrected chi connectivity index (χ4v) is 2.01. The van der Waals surface area contributed by atoms with E-state index in [1.54, 1.807) is 11.9 Å². The summed E-state index contributed by atoms with van der Waals surface area (Å²) in [5.74, 6) is 0.